The van der Waals surface area contributed by atoms with Gasteiger partial charge < -0.3 is 15.1 Å². The number of nitrogens with one attached hydrogen (secondary N) is 3. The van der Waals surface area contributed by atoms with Gasteiger partial charge in [-0.2, -0.15) is 0 Å². The van der Waals surface area contributed by atoms with Gasteiger partial charge in [-0.3, -0.25) is 23.9 Å². The van der Waals surface area contributed by atoms with Crippen LogP contribution in [0.5, 0.6) is 0 Å². The van der Waals surface area contributed by atoms with Gasteiger partial charge in [0.05, 0.1) is 30.3 Å². The fourth-order valence-electron chi connectivity index (χ4n) is 2.65. The Morgan fingerprint density at radius 2 is 2.11 bits per heavy atom. The number of fused-ring (bicyclic) bond motifs is 1. The molecule has 0 saturated heterocycles. The lowest BCUT2D eigenvalue weighted by atomic mass is 10.2. The van der Waals surface area contributed by atoms with E-state index < -0.39 is 23.1 Å². The fraction of sp³-hybridized carbons (Fsp3) is 0.278. The van der Waals surface area contributed by atoms with Gasteiger partial charge in [-0.05, 0) is 24.6 Å². The first-order valence-corrected chi connectivity index (χ1v) is 8.69. The highest BCUT2D eigenvalue weighted by Gasteiger charge is 2.13. The molecule has 0 atom stereocenters. The van der Waals surface area contributed by atoms with Crippen LogP contribution in [0.4, 0.5) is 0 Å². The van der Waals surface area contributed by atoms with Crippen LogP contribution in [0.2, 0.25) is 0 Å². The van der Waals surface area contributed by atoms with Crippen LogP contribution < -0.4 is 21.9 Å². The Bertz CT molecular complexity index is 1110. The number of furan rings is 1. The van der Waals surface area contributed by atoms with Crippen LogP contribution in [0.25, 0.3) is 11.0 Å². The van der Waals surface area contributed by atoms with Crippen molar-refractivity contribution in [3.05, 3.63) is 62.8 Å². The Morgan fingerprint density at radius 3 is 2.82 bits per heavy atom. The molecule has 0 aliphatic carbocycles. The molecular weight excluding hydrogens is 366 g/mol. The zero-order valence-corrected chi connectivity index (χ0v) is 15.2. The van der Waals surface area contributed by atoms with Crippen LogP contribution in [0.1, 0.15) is 29.5 Å². The second-order valence-corrected chi connectivity index (χ2v) is 6.04. The number of hydrogen-bond donors (Lipinski definition) is 3. The van der Waals surface area contributed by atoms with Gasteiger partial charge in [0.25, 0.3) is 11.5 Å². The summed E-state index contributed by atoms with van der Waals surface area (Å²) in [4.78, 5) is 54.4. The first-order valence-electron chi connectivity index (χ1n) is 8.69. The van der Waals surface area contributed by atoms with E-state index in [4.69, 9.17) is 4.42 Å². The summed E-state index contributed by atoms with van der Waals surface area (Å²) in [6.45, 7) is 2.25. The van der Waals surface area contributed by atoms with E-state index >= 15 is 0 Å². The molecule has 0 bridgehead atoms. The maximum atomic E-state index is 12.3. The maximum Gasteiger partial charge on any atom is 0.329 e. The summed E-state index contributed by atoms with van der Waals surface area (Å²) in [5.74, 6) is -0.362. The van der Waals surface area contributed by atoms with E-state index in [0.29, 0.717) is 18.7 Å². The summed E-state index contributed by atoms with van der Waals surface area (Å²) in [7, 11) is 0. The summed E-state index contributed by atoms with van der Waals surface area (Å²) < 4.78 is 6.45. The molecule has 0 aromatic carbocycles. The second kappa shape index (κ2) is 8.33. The van der Waals surface area contributed by atoms with Crippen LogP contribution in [0.15, 0.2) is 44.7 Å². The normalized spacial score (nSPS) is 10.8. The highest BCUT2D eigenvalue weighted by molar-refractivity contribution is 5.98. The van der Waals surface area contributed by atoms with Crippen molar-refractivity contribution in [2.24, 2.45) is 0 Å². The summed E-state index contributed by atoms with van der Waals surface area (Å²) in [5.41, 5.74) is -0.843. The molecule has 0 aliphatic heterocycles. The van der Waals surface area contributed by atoms with Crippen LogP contribution >= 0.6 is 0 Å². The van der Waals surface area contributed by atoms with Crippen molar-refractivity contribution in [1.82, 2.24) is 25.2 Å². The molecule has 3 aromatic heterocycles. The van der Waals surface area contributed by atoms with Crippen LogP contribution in [0.3, 0.4) is 0 Å². The van der Waals surface area contributed by atoms with Gasteiger partial charge in [0.1, 0.15) is 11.4 Å². The predicted molar refractivity (Wildman–Crippen MR) is 99.8 cm³/mol. The van der Waals surface area contributed by atoms with E-state index in [1.165, 1.54) is 23.1 Å². The smallest absolute Gasteiger partial charge is 0.329 e. The van der Waals surface area contributed by atoms with E-state index in [1.807, 2.05) is 6.92 Å². The topological polar surface area (TPSA) is 139 Å². The highest BCUT2D eigenvalue weighted by atomic mass is 16.3. The van der Waals surface area contributed by atoms with E-state index in [-0.39, 0.29) is 29.7 Å². The quantitative estimate of drug-likeness (QED) is 0.528. The molecular formula is C18H19N5O5. The van der Waals surface area contributed by atoms with Crippen molar-refractivity contribution in [2.75, 3.05) is 6.54 Å². The third kappa shape index (κ3) is 4.17. The number of pyridine rings is 1. The molecule has 0 spiro atoms. The van der Waals surface area contributed by atoms with E-state index in [9.17, 15) is 19.2 Å². The summed E-state index contributed by atoms with van der Waals surface area (Å²) in [6, 6.07) is 4.77. The second-order valence-electron chi connectivity index (χ2n) is 6.04. The lowest BCUT2D eigenvalue weighted by Gasteiger charge is -2.09. The average molecular weight is 385 g/mol. The molecule has 28 heavy (non-hydrogen) atoms. The zero-order chi connectivity index (χ0) is 20.1. The molecule has 3 rings (SSSR count). The monoisotopic (exact) mass is 385 g/mol. The molecule has 3 aromatic rings. The Kier molecular flexibility index (Phi) is 5.68. The van der Waals surface area contributed by atoms with Crippen molar-refractivity contribution in [1.29, 1.82) is 0 Å². The van der Waals surface area contributed by atoms with Gasteiger partial charge in [0.2, 0.25) is 5.91 Å². The summed E-state index contributed by atoms with van der Waals surface area (Å²) >= 11 is 0. The van der Waals surface area contributed by atoms with Crippen LogP contribution in [-0.4, -0.2) is 32.9 Å². The van der Waals surface area contributed by atoms with E-state index in [1.54, 1.807) is 12.1 Å². The van der Waals surface area contributed by atoms with Crippen molar-refractivity contribution in [2.45, 2.75) is 26.4 Å². The van der Waals surface area contributed by atoms with Gasteiger partial charge in [0, 0.05) is 12.7 Å². The standard InChI is InChI=1S/C18H19N5O5/c1-2-5-23-15-13(17(26)22-18(23)27)7-11(8-20-15)16(25)21-10-14(24)19-9-12-4-3-6-28-12/h3-4,6-8H,2,5,9-10H2,1H3,(H,19,24)(H,21,25)(H,22,26,27). The Morgan fingerprint density at radius 1 is 1.29 bits per heavy atom. The summed E-state index contributed by atoms with van der Waals surface area (Å²) in [5, 5.41) is 5.19. The van der Waals surface area contributed by atoms with E-state index in [2.05, 4.69) is 20.6 Å². The molecule has 10 nitrogen and oxygen atoms in total. The maximum absolute atomic E-state index is 12.3. The SMILES string of the molecule is CCCn1c(=O)[nH]c(=O)c2cc(C(=O)NCC(=O)NCc3ccco3)cnc21. The molecule has 0 radical (unpaired) electrons. The number of H-pyrrole nitrogens is 1. The molecule has 2 amide bonds. The number of aromatic nitrogens is 3. The number of hydrogen-bond acceptors (Lipinski definition) is 6. The van der Waals surface area contributed by atoms with Crippen molar-refractivity contribution >= 4 is 22.8 Å². The number of carbonyl (C=O) groups is 2. The van der Waals surface area contributed by atoms with Gasteiger partial charge in [0.15, 0.2) is 0 Å². The van der Waals surface area contributed by atoms with E-state index in [0.717, 1.165) is 0 Å². The van der Waals surface area contributed by atoms with Crippen molar-refractivity contribution in [3.8, 4) is 0 Å². The largest absolute Gasteiger partial charge is 0.467 e. The first-order chi connectivity index (χ1) is 13.5. The molecule has 3 heterocycles. The van der Waals surface area contributed by atoms with Gasteiger partial charge >= 0.3 is 5.69 Å². The molecule has 0 saturated carbocycles. The minimum Gasteiger partial charge on any atom is -0.467 e. The number of nitrogens with zero attached hydrogens (tertiary/aromatic N) is 2. The highest BCUT2D eigenvalue weighted by Crippen LogP contribution is 2.08. The van der Waals surface area contributed by atoms with Gasteiger partial charge in [-0.1, -0.05) is 6.92 Å². The minimum atomic E-state index is -0.620. The number of amides is 2. The lowest BCUT2D eigenvalue weighted by molar-refractivity contribution is -0.120. The van der Waals surface area contributed by atoms with Crippen molar-refractivity contribution < 1.29 is 14.0 Å². The van der Waals surface area contributed by atoms with Gasteiger partial charge in [-0.25, -0.2) is 9.78 Å². The third-order valence-corrected chi connectivity index (χ3v) is 3.99. The third-order valence-electron chi connectivity index (χ3n) is 3.99. The van der Waals surface area contributed by atoms with Crippen LogP contribution in [-0.2, 0) is 17.9 Å². The first kappa shape index (κ1) is 19.1. The van der Waals surface area contributed by atoms with Crippen molar-refractivity contribution in [3.63, 3.8) is 0 Å². The van der Waals surface area contributed by atoms with Crippen LogP contribution in [0, 0.1) is 0 Å². The average Bonchev–Trinajstić information content (AvgIpc) is 3.21. The zero-order valence-electron chi connectivity index (χ0n) is 15.2. The number of aryl methyl sites for hydroxylation is 1. The lowest BCUT2D eigenvalue weighted by Crippen LogP contribution is -2.36. The number of aromatic amines is 1. The molecule has 146 valence electrons. The molecule has 0 aliphatic rings. The number of carbonyl (C=O) groups excluding carboxylic acids is 2. The Labute approximate surface area is 158 Å². The summed E-state index contributed by atoms with van der Waals surface area (Å²) in [6.07, 6.45) is 3.44. The Hall–Kier alpha value is -3.69. The fourth-order valence-corrected chi connectivity index (χ4v) is 2.65. The molecule has 0 unspecified atom stereocenters. The number of rotatable bonds is 7. The molecule has 10 heteroatoms. The predicted octanol–water partition coefficient (Wildman–Crippen LogP) is 0.134. The minimum absolute atomic E-state index is 0.110. The molecule has 0 fully saturated rings. The molecule has 3 N–H and O–H groups in total. The van der Waals surface area contributed by atoms with Gasteiger partial charge in [-0.15, -0.1) is 0 Å². The Balaban J connectivity index is 1.70.